The monoisotopic (exact) mass is 425 g/mol. The summed E-state index contributed by atoms with van der Waals surface area (Å²) in [5.41, 5.74) is 6.05. The van der Waals surface area contributed by atoms with Gasteiger partial charge < -0.3 is 11.1 Å². The van der Waals surface area contributed by atoms with Gasteiger partial charge in [0.2, 0.25) is 5.91 Å². The molecule has 3 N–H and O–H groups in total. The maximum Gasteiger partial charge on any atom is 0.271 e. The molecule has 4 rings (SSSR count). The highest BCUT2D eigenvalue weighted by molar-refractivity contribution is 7.17. The molecular weight excluding hydrogens is 402 g/mol. The van der Waals surface area contributed by atoms with Crippen LogP contribution in [0.4, 0.5) is 0 Å². The molecule has 1 aliphatic heterocycles. The fourth-order valence-corrected chi connectivity index (χ4v) is 4.66. The molecule has 0 unspecified atom stereocenters. The van der Waals surface area contributed by atoms with Crippen molar-refractivity contribution >= 4 is 28.1 Å². The van der Waals surface area contributed by atoms with Crippen molar-refractivity contribution < 1.29 is 9.59 Å². The number of primary amides is 1. The summed E-state index contributed by atoms with van der Waals surface area (Å²) in [6, 6.07) is 9.95. The predicted molar refractivity (Wildman–Crippen MR) is 115 cm³/mol. The first kappa shape index (κ1) is 20.2. The summed E-state index contributed by atoms with van der Waals surface area (Å²) in [5.74, 6) is -0.765. The average Bonchev–Trinajstić information content (AvgIpc) is 3.13. The van der Waals surface area contributed by atoms with E-state index in [1.165, 1.54) is 21.9 Å². The third kappa shape index (κ3) is 4.58. The number of carbonyl (C=O) groups excluding carboxylic acids is 2. The molecule has 1 aromatic carbocycles. The fraction of sp³-hybridized carbons (Fsp3) is 0.333. The molecule has 3 aromatic rings. The molecule has 0 saturated carbocycles. The minimum Gasteiger partial charge on any atom is -0.369 e. The lowest BCUT2D eigenvalue weighted by atomic mass is 10.0. The lowest BCUT2D eigenvalue weighted by Crippen LogP contribution is -2.47. The van der Waals surface area contributed by atoms with Crippen molar-refractivity contribution in [1.82, 2.24) is 19.6 Å². The summed E-state index contributed by atoms with van der Waals surface area (Å²) in [6.07, 6.45) is 5.24. The van der Waals surface area contributed by atoms with Crippen LogP contribution in [0.15, 0.2) is 47.5 Å². The van der Waals surface area contributed by atoms with E-state index in [1.54, 1.807) is 6.20 Å². The van der Waals surface area contributed by atoms with Crippen molar-refractivity contribution in [1.29, 1.82) is 0 Å². The highest BCUT2D eigenvalue weighted by Crippen LogP contribution is 2.18. The van der Waals surface area contributed by atoms with E-state index in [0.717, 1.165) is 10.4 Å². The first-order chi connectivity index (χ1) is 14.5. The molecule has 1 saturated heterocycles. The Morgan fingerprint density at radius 2 is 1.93 bits per heavy atom. The number of hydrogen-bond acceptors (Lipinski definition) is 6. The summed E-state index contributed by atoms with van der Waals surface area (Å²) >= 11 is 1.44. The highest BCUT2D eigenvalue weighted by Gasteiger charge is 2.23. The van der Waals surface area contributed by atoms with Crippen molar-refractivity contribution in [2.75, 3.05) is 19.6 Å². The topological polar surface area (TPSA) is 110 Å². The van der Waals surface area contributed by atoms with Gasteiger partial charge in [-0.05, 0) is 18.4 Å². The molecule has 0 radical (unpaired) electrons. The Bertz CT molecular complexity index is 1120. The van der Waals surface area contributed by atoms with E-state index < -0.39 is 5.91 Å². The van der Waals surface area contributed by atoms with Crippen molar-refractivity contribution in [3.63, 3.8) is 0 Å². The summed E-state index contributed by atoms with van der Waals surface area (Å²) in [5, 5.41) is 2.93. The molecule has 2 amide bonds. The Balaban J connectivity index is 1.45. The summed E-state index contributed by atoms with van der Waals surface area (Å²) in [4.78, 5) is 44.4. The summed E-state index contributed by atoms with van der Waals surface area (Å²) in [6.45, 7) is 1.58. The van der Waals surface area contributed by atoms with Gasteiger partial charge in [0.15, 0.2) is 4.96 Å². The number of aromatic nitrogens is 2. The summed E-state index contributed by atoms with van der Waals surface area (Å²) in [7, 11) is 0. The zero-order valence-electron chi connectivity index (χ0n) is 16.4. The number of nitrogens with one attached hydrogen (secondary N) is 1. The van der Waals surface area contributed by atoms with Gasteiger partial charge in [0, 0.05) is 42.8 Å². The van der Waals surface area contributed by atoms with Crippen LogP contribution in [0.5, 0.6) is 0 Å². The van der Waals surface area contributed by atoms with Gasteiger partial charge in [-0.2, -0.15) is 0 Å². The van der Waals surface area contributed by atoms with E-state index in [1.807, 2.05) is 35.2 Å². The molecule has 30 heavy (non-hydrogen) atoms. The molecule has 0 spiro atoms. The van der Waals surface area contributed by atoms with Crippen molar-refractivity contribution in [3.8, 4) is 0 Å². The van der Waals surface area contributed by atoms with Crippen LogP contribution in [0.2, 0.25) is 0 Å². The molecule has 2 aromatic heterocycles. The zero-order valence-corrected chi connectivity index (χ0v) is 17.2. The number of hydrogen-bond donors (Lipinski definition) is 2. The van der Waals surface area contributed by atoms with Crippen molar-refractivity contribution in [2.45, 2.75) is 25.3 Å². The zero-order chi connectivity index (χ0) is 21.1. The normalized spacial score (nSPS) is 15.3. The molecule has 0 atom stereocenters. The molecule has 1 aliphatic rings. The predicted octanol–water partition coefficient (Wildman–Crippen LogP) is 1.03. The van der Waals surface area contributed by atoms with Crippen LogP contribution in [-0.2, 0) is 11.2 Å². The van der Waals surface area contributed by atoms with E-state index in [2.05, 4.69) is 10.3 Å². The molecule has 0 aliphatic carbocycles. The van der Waals surface area contributed by atoms with Gasteiger partial charge in [0.25, 0.3) is 11.5 Å². The third-order valence-corrected chi connectivity index (χ3v) is 6.22. The SMILES string of the molecule is NC(=O)CN1CCC(NC(=O)c2cnc3sc(Cc4ccccc4)cn3c2=O)CC1. The van der Waals surface area contributed by atoms with Crippen molar-refractivity contribution in [2.24, 2.45) is 5.73 Å². The van der Waals surface area contributed by atoms with Crippen LogP contribution < -0.4 is 16.6 Å². The number of likely N-dealkylation sites (tertiary alicyclic amines) is 1. The second-order valence-electron chi connectivity index (χ2n) is 7.48. The van der Waals surface area contributed by atoms with E-state index in [0.29, 0.717) is 37.3 Å². The average molecular weight is 426 g/mol. The van der Waals surface area contributed by atoms with Gasteiger partial charge in [-0.3, -0.25) is 23.7 Å². The maximum atomic E-state index is 12.9. The summed E-state index contributed by atoms with van der Waals surface area (Å²) < 4.78 is 1.45. The van der Waals surface area contributed by atoms with Gasteiger partial charge >= 0.3 is 0 Å². The second kappa shape index (κ2) is 8.76. The molecule has 3 heterocycles. The van der Waals surface area contributed by atoms with Gasteiger partial charge in [0.1, 0.15) is 5.56 Å². The lowest BCUT2D eigenvalue weighted by molar-refractivity contribution is -0.119. The minimum absolute atomic E-state index is 0.0381. The van der Waals surface area contributed by atoms with Crippen LogP contribution in [0.1, 0.15) is 33.6 Å². The Morgan fingerprint density at radius 3 is 2.63 bits per heavy atom. The number of rotatable bonds is 6. The Labute approximate surface area is 177 Å². The molecule has 9 heteroatoms. The first-order valence-corrected chi connectivity index (χ1v) is 10.7. The molecule has 8 nitrogen and oxygen atoms in total. The first-order valence-electron chi connectivity index (χ1n) is 9.85. The van der Waals surface area contributed by atoms with Crippen LogP contribution in [0.3, 0.4) is 0 Å². The number of benzene rings is 1. The molecule has 156 valence electrons. The van der Waals surface area contributed by atoms with Gasteiger partial charge in [0.05, 0.1) is 6.54 Å². The Morgan fingerprint density at radius 1 is 1.20 bits per heavy atom. The molecular formula is C21H23N5O3S. The van der Waals surface area contributed by atoms with Crippen LogP contribution in [-0.4, -0.2) is 51.8 Å². The van der Waals surface area contributed by atoms with Gasteiger partial charge in [-0.25, -0.2) is 4.98 Å². The quantitative estimate of drug-likeness (QED) is 0.613. The number of nitrogens with zero attached hydrogens (tertiary/aromatic N) is 3. The standard InChI is InChI=1S/C21H23N5O3S/c22-18(27)13-25-8-6-15(7-9-25)24-19(28)17-11-23-21-26(20(17)29)12-16(30-21)10-14-4-2-1-3-5-14/h1-5,11-12,15H,6-10,13H2,(H2,22,27)(H,24,28). The third-order valence-electron chi connectivity index (χ3n) is 5.22. The Kier molecular flexibility index (Phi) is 5.91. The lowest BCUT2D eigenvalue weighted by Gasteiger charge is -2.31. The van der Waals surface area contributed by atoms with Gasteiger partial charge in [-0.15, -0.1) is 11.3 Å². The maximum absolute atomic E-state index is 12.9. The highest BCUT2D eigenvalue weighted by atomic mass is 32.1. The second-order valence-corrected chi connectivity index (χ2v) is 8.57. The van der Waals surface area contributed by atoms with Crippen LogP contribution in [0.25, 0.3) is 4.96 Å². The smallest absolute Gasteiger partial charge is 0.271 e. The van der Waals surface area contributed by atoms with Gasteiger partial charge in [-0.1, -0.05) is 30.3 Å². The van der Waals surface area contributed by atoms with Crippen LogP contribution in [0, 0.1) is 0 Å². The van der Waals surface area contributed by atoms with E-state index in [9.17, 15) is 14.4 Å². The van der Waals surface area contributed by atoms with E-state index in [-0.39, 0.29) is 29.6 Å². The number of nitrogens with two attached hydrogens (primary N) is 1. The molecule has 1 fully saturated rings. The van der Waals surface area contributed by atoms with Crippen molar-refractivity contribution in [3.05, 3.63) is 69.1 Å². The number of amides is 2. The largest absolute Gasteiger partial charge is 0.369 e. The van der Waals surface area contributed by atoms with Crippen LogP contribution >= 0.6 is 11.3 Å². The number of piperidine rings is 1. The minimum atomic E-state index is -0.411. The Hall–Kier alpha value is -3.04. The van der Waals surface area contributed by atoms with E-state index >= 15 is 0 Å². The molecule has 0 bridgehead atoms. The fourth-order valence-electron chi connectivity index (χ4n) is 3.68. The number of fused-ring (bicyclic) bond motifs is 1. The number of thiazole rings is 1. The number of carbonyl (C=O) groups is 2. The van der Waals surface area contributed by atoms with E-state index in [4.69, 9.17) is 5.73 Å².